The lowest BCUT2D eigenvalue weighted by Gasteiger charge is -2.41. The Kier molecular flexibility index (Phi) is 6.87. The van der Waals surface area contributed by atoms with Gasteiger partial charge in [0.2, 0.25) is 0 Å². The SMILES string of the molecule is CN(C)CCCN1CCC(CN)(CCc2ccccc2)CC1. The third-order valence-corrected chi connectivity index (χ3v) is 5.22. The van der Waals surface area contributed by atoms with Gasteiger partial charge in [-0.05, 0) is 89.9 Å². The maximum absolute atomic E-state index is 6.16. The lowest BCUT2D eigenvalue weighted by molar-refractivity contribution is 0.0993. The Morgan fingerprint density at radius 3 is 2.41 bits per heavy atom. The molecule has 0 amide bonds. The second kappa shape index (κ2) is 8.66. The molecule has 0 atom stereocenters. The Balaban J connectivity index is 1.76. The van der Waals surface area contributed by atoms with Crippen LogP contribution in [0.25, 0.3) is 0 Å². The summed E-state index contributed by atoms with van der Waals surface area (Å²) >= 11 is 0. The predicted octanol–water partition coefficient (Wildman–Crippen LogP) is 2.61. The lowest BCUT2D eigenvalue weighted by atomic mass is 9.74. The van der Waals surface area contributed by atoms with Crippen LogP contribution in [0.1, 0.15) is 31.2 Å². The van der Waals surface area contributed by atoms with Crippen molar-refractivity contribution in [3.63, 3.8) is 0 Å². The van der Waals surface area contributed by atoms with Crippen molar-refractivity contribution in [1.82, 2.24) is 9.80 Å². The van der Waals surface area contributed by atoms with Crippen molar-refractivity contribution < 1.29 is 0 Å². The molecule has 0 aliphatic carbocycles. The standard InChI is InChI=1S/C19H33N3/c1-21(2)13-6-14-22-15-11-19(17-20,12-16-22)10-9-18-7-4-3-5-8-18/h3-5,7-8H,6,9-17,20H2,1-2H3. The molecule has 1 heterocycles. The fourth-order valence-corrected chi connectivity index (χ4v) is 3.47. The van der Waals surface area contributed by atoms with Crippen molar-refractivity contribution in [2.24, 2.45) is 11.1 Å². The van der Waals surface area contributed by atoms with Crippen LogP contribution in [0.3, 0.4) is 0 Å². The van der Waals surface area contributed by atoms with Crippen LogP contribution in [0.2, 0.25) is 0 Å². The monoisotopic (exact) mass is 303 g/mol. The molecule has 0 spiro atoms. The maximum Gasteiger partial charge on any atom is -0.000654 e. The largest absolute Gasteiger partial charge is 0.330 e. The van der Waals surface area contributed by atoms with Crippen LogP contribution >= 0.6 is 0 Å². The molecule has 0 bridgehead atoms. The second-order valence-corrected chi connectivity index (χ2v) is 7.19. The second-order valence-electron chi connectivity index (χ2n) is 7.19. The van der Waals surface area contributed by atoms with Gasteiger partial charge in [-0.2, -0.15) is 0 Å². The van der Waals surface area contributed by atoms with Crippen molar-refractivity contribution in [2.75, 3.05) is 46.8 Å². The third-order valence-electron chi connectivity index (χ3n) is 5.22. The van der Waals surface area contributed by atoms with E-state index in [9.17, 15) is 0 Å². The van der Waals surface area contributed by atoms with Crippen molar-refractivity contribution in [1.29, 1.82) is 0 Å². The summed E-state index contributed by atoms with van der Waals surface area (Å²) in [5.74, 6) is 0. The highest BCUT2D eigenvalue weighted by Crippen LogP contribution is 2.35. The zero-order chi connectivity index (χ0) is 15.8. The average Bonchev–Trinajstić information content (AvgIpc) is 2.55. The highest BCUT2D eigenvalue weighted by Gasteiger charge is 2.32. The minimum atomic E-state index is 0.369. The van der Waals surface area contributed by atoms with Gasteiger partial charge in [-0.1, -0.05) is 30.3 Å². The van der Waals surface area contributed by atoms with Crippen molar-refractivity contribution in [2.45, 2.75) is 32.1 Å². The molecule has 1 aliphatic heterocycles. The van der Waals surface area contributed by atoms with Gasteiger partial charge in [0, 0.05) is 0 Å². The fourth-order valence-electron chi connectivity index (χ4n) is 3.47. The number of rotatable bonds is 8. The van der Waals surface area contributed by atoms with Gasteiger partial charge in [0.1, 0.15) is 0 Å². The lowest BCUT2D eigenvalue weighted by Crippen LogP contribution is -2.44. The Bertz CT molecular complexity index is 408. The van der Waals surface area contributed by atoms with E-state index in [0.29, 0.717) is 5.41 Å². The first-order chi connectivity index (χ1) is 10.6. The first kappa shape index (κ1) is 17.5. The summed E-state index contributed by atoms with van der Waals surface area (Å²) in [6.45, 7) is 5.70. The van der Waals surface area contributed by atoms with Crippen LogP contribution in [-0.2, 0) is 6.42 Å². The zero-order valence-corrected chi connectivity index (χ0v) is 14.4. The number of likely N-dealkylation sites (tertiary alicyclic amines) is 1. The average molecular weight is 303 g/mol. The topological polar surface area (TPSA) is 32.5 Å². The number of nitrogens with two attached hydrogens (primary N) is 1. The molecule has 2 N–H and O–H groups in total. The molecule has 1 saturated heterocycles. The summed E-state index contributed by atoms with van der Waals surface area (Å²) in [5, 5.41) is 0. The number of nitrogens with zero attached hydrogens (tertiary/aromatic N) is 2. The van der Waals surface area contributed by atoms with Crippen LogP contribution in [0, 0.1) is 5.41 Å². The summed E-state index contributed by atoms with van der Waals surface area (Å²) in [6.07, 6.45) is 6.20. The van der Waals surface area contributed by atoms with Crippen molar-refractivity contribution in [3.8, 4) is 0 Å². The molecule has 3 nitrogen and oxygen atoms in total. The van der Waals surface area contributed by atoms with E-state index in [4.69, 9.17) is 5.73 Å². The number of hydrogen-bond acceptors (Lipinski definition) is 3. The van der Waals surface area contributed by atoms with Crippen molar-refractivity contribution >= 4 is 0 Å². The normalized spacial score (nSPS) is 18.7. The summed E-state index contributed by atoms with van der Waals surface area (Å²) in [5.41, 5.74) is 7.98. The first-order valence-corrected chi connectivity index (χ1v) is 8.75. The van der Waals surface area contributed by atoms with Crippen LogP contribution in [0.15, 0.2) is 30.3 Å². The van der Waals surface area contributed by atoms with Gasteiger partial charge in [-0.3, -0.25) is 0 Å². The molecule has 2 rings (SSSR count). The number of hydrogen-bond donors (Lipinski definition) is 1. The van der Waals surface area contributed by atoms with Crippen LogP contribution in [-0.4, -0.2) is 56.6 Å². The molecular weight excluding hydrogens is 270 g/mol. The fraction of sp³-hybridized carbons (Fsp3) is 0.684. The van der Waals surface area contributed by atoms with E-state index in [1.807, 2.05) is 0 Å². The predicted molar refractivity (Wildman–Crippen MR) is 95.1 cm³/mol. The minimum absolute atomic E-state index is 0.369. The molecule has 22 heavy (non-hydrogen) atoms. The number of aryl methyl sites for hydroxylation is 1. The van der Waals surface area contributed by atoms with E-state index >= 15 is 0 Å². The van der Waals surface area contributed by atoms with E-state index in [2.05, 4.69) is 54.2 Å². The van der Waals surface area contributed by atoms with Crippen LogP contribution < -0.4 is 5.73 Å². The summed E-state index contributed by atoms with van der Waals surface area (Å²) in [4.78, 5) is 4.90. The molecule has 0 saturated carbocycles. The van der Waals surface area contributed by atoms with E-state index in [0.717, 1.165) is 6.54 Å². The molecule has 124 valence electrons. The Hall–Kier alpha value is -0.900. The van der Waals surface area contributed by atoms with E-state index < -0.39 is 0 Å². The molecule has 1 aromatic carbocycles. The Morgan fingerprint density at radius 2 is 1.82 bits per heavy atom. The van der Waals surface area contributed by atoms with Gasteiger partial charge in [0.05, 0.1) is 0 Å². The van der Waals surface area contributed by atoms with Gasteiger partial charge < -0.3 is 15.5 Å². The quantitative estimate of drug-likeness (QED) is 0.801. The summed E-state index contributed by atoms with van der Waals surface area (Å²) in [6, 6.07) is 10.8. The van der Waals surface area contributed by atoms with E-state index in [1.165, 1.54) is 63.8 Å². The maximum atomic E-state index is 6.16. The van der Waals surface area contributed by atoms with E-state index in [1.54, 1.807) is 0 Å². The van der Waals surface area contributed by atoms with Gasteiger partial charge >= 0.3 is 0 Å². The first-order valence-electron chi connectivity index (χ1n) is 8.75. The van der Waals surface area contributed by atoms with Gasteiger partial charge in [-0.15, -0.1) is 0 Å². The molecule has 1 aromatic rings. The number of piperidine rings is 1. The zero-order valence-electron chi connectivity index (χ0n) is 14.4. The summed E-state index contributed by atoms with van der Waals surface area (Å²) in [7, 11) is 4.30. The third kappa shape index (κ3) is 5.38. The van der Waals surface area contributed by atoms with Gasteiger partial charge in [0.15, 0.2) is 0 Å². The molecule has 3 heteroatoms. The Labute approximate surface area is 136 Å². The Morgan fingerprint density at radius 1 is 1.14 bits per heavy atom. The minimum Gasteiger partial charge on any atom is -0.330 e. The highest BCUT2D eigenvalue weighted by atomic mass is 15.1. The molecule has 0 radical (unpaired) electrons. The van der Waals surface area contributed by atoms with Crippen LogP contribution in [0.5, 0.6) is 0 Å². The van der Waals surface area contributed by atoms with Gasteiger partial charge in [-0.25, -0.2) is 0 Å². The smallest absolute Gasteiger partial charge is 0.000654 e. The summed E-state index contributed by atoms with van der Waals surface area (Å²) < 4.78 is 0. The van der Waals surface area contributed by atoms with Crippen molar-refractivity contribution in [3.05, 3.63) is 35.9 Å². The van der Waals surface area contributed by atoms with Gasteiger partial charge in [0.25, 0.3) is 0 Å². The molecule has 0 aromatic heterocycles. The molecule has 0 unspecified atom stereocenters. The number of benzene rings is 1. The highest BCUT2D eigenvalue weighted by molar-refractivity contribution is 5.15. The van der Waals surface area contributed by atoms with Crippen LogP contribution in [0.4, 0.5) is 0 Å². The molecule has 1 aliphatic rings. The molecule has 1 fully saturated rings. The molecular formula is C19H33N3. The van der Waals surface area contributed by atoms with E-state index in [-0.39, 0.29) is 0 Å².